The molecule has 1 aromatic rings. The second kappa shape index (κ2) is 7.66. The van der Waals surface area contributed by atoms with Crippen molar-refractivity contribution < 1.29 is 9.59 Å². The fraction of sp³-hybridized carbons (Fsp3) is 0.700. The summed E-state index contributed by atoms with van der Waals surface area (Å²) in [6.45, 7) is 11.7. The van der Waals surface area contributed by atoms with E-state index in [-0.39, 0.29) is 34.4 Å². The minimum Gasteiger partial charge on any atom is -0.352 e. The van der Waals surface area contributed by atoms with Crippen LogP contribution in [0.3, 0.4) is 0 Å². The third kappa shape index (κ3) is 4.43. The highest BCUT2D eigenvalue weighted by Crippen LogP contribution is 2.20. The van der Waals surface area contributed by atoms with Gasteiger partial charge in [-0.05, 0) is 26.7 Å². The van der Waals surface area contributed by atoms with Crippen LogP contribution in [-0.4, -0.2) is 69.8 Å². The minimum absolute atomic E-state index is 0.0523. The van der Waals surface area contributed by atoms with Gasteiger partial charge in [-0.2, -0.15) is 0 Å². The average Bonchev–Trinajstić information content (AvgIpc) is 3.43. The number of H-pyrrole nitrogens is 1. The van der Waals surface area contributed by atoms with E-state index in [0.717, 1.165) is 12.8 Å². The number of carbonyl (C=O) groups is 2. The molecule has 0 aromatic carbocycles. The van der Waals surface area contributed by atoms with Crippen LogP contribution in [0.25, 0.3) is 0 Å². The van der Waals surface area contributed by atoms with Crippen molar-refractivity contribution in [2.75, 3.05) is 26.2 Å². The fourth-order valence-corrected chi connectivity index (χ4v) is 3.38. The van der Waals surface area contributed by atoms with Crippen LogP contribution in [0, 0.1) is 6.92 Å². The molecule has 1 aliphatic carbocycles. The van der Waals surface area contributed by atoms with Gasteiger partial charge in [-0.1, -0.05) is 20.8 Å². The number of nitrogens with one attached hydrogen (secondary N) is 2. The van der Waals surface area contributed by atoms with E-state index in [1.165, 1.54) is 0 Å². The van der Waals surface area contributed by atoms with E-state index >= 15 is 0 Å². The smallest absolute Gasteiger partial charge is 0.264 e. The topological polar surface area (TPSA) is 98.4 Å². The number of hydrogen-bond donors (Lipinski definition) is 2. The lowest BCUT2D eigenvalue weighted by Gasteiger charge is -2.37. The highest BCUT2D eigenvalue weighted by atomic mass is 16.2. The van der Waals surface area contributed by atoms with Gasteiger partial charge in [0.15, 0.2) is 0 Å². The quantitative estimate of drug-likeness (QED) is 0.794. The molecule has 8 heteroatoms. The Morgan fingerprint density at radius 1 is 1.18 bits per heavy atom. The Kier molecular flexibility index (Phi) is 5.61. The van der Waals surface area contributed by atoms with Gasteiger partial charge in [0, 0.05) is 37.6 Å². The molecule has 1 aliphatic heterocycles. The third-order valence-electron chi connectivity index (χ3n) is 5.48. The Morgan fingerprint density at radius 3 is 2.29 bits per heavy atom. The summed E-state index contributed by atoms with van der Waals surface area (Å²) >= 11 is 0. The zero-order valence-corrected chi connectivity index (χ0v) is 17.5. The zero-order chi connectivity index (χ0) is 20.6. The van der Waals surface area contributed by atoms with E-state index in [2.05, 4.69) is 20.2 Å². The van der Waals surface area contributed by atoms with E-state index in [1.807, 2.05) is 27.7 Å². The molecule has 8 nitrogen and oxygen atoms in total. The van der Waals surface area contributed by atoms with Crippen LogP contribution in [0.15, 0.2) is 4.79 Å². The van der Waals surface area contributed by atoms with Crippen LogP contribution in [-0.2, 0) is 10.2 Å². The van der Waals surface area contributed by atoms with Crippen molar-refractivity contribution in [3.8, 4) is 0 Å². The summed E-state index contributed by atoms with van der Waals surface area (Å²) in [7, 11) is 0. The second-order valence-corrected chi connectivity index (χ2v) is 8.91. The molecule has 154 valence electrons. The van der Waals surface area contributed by atoms with Gasteiger partial charge in [-0.3, -0.25) is 19.3 Å². The molecule has 2 aliphatic rings. The summed E-state index contributed by atoms with van der Waals surface area (Å²) in [6.07, 6.45) is 2.13. The molecule has 1 atom stereocenters. The Balaban J connectivity index is 1.65. The lowest BCUT2D eigenvalue weighted by molar-refractivity contribution is -0.126. The van der Waals surface area contributed by atoms with Crippen LogP contribution in [0.2, 0.25) is 0 Å². The Hall–Kier alpha value is -2.22. The van der Waals surface area contributed by atoms with Crippen molar-refractivity contribution in [2.45, 2.75) is 65.0 Å². The van der Waals surface area contributed by atoms with Crippen molar-refractivity contribution >= 4 is 11.8 Å². The number of hydrogen-bond acceptors (Lipinski definition) is 5. The van der Waals surface area contributed by atoms with Crippen LogP contribution in [0.1, 0.15) is 62.4 Å². The maximum absolute atomic E-state index is 12.9. The third-order valence-corrected chi connectivity index (χ3v) is 5.48. The lowest BCUT2D eigenvalue weighted by Crippen LogP contribution is -2.55. The maximum atomic E-state index is 12.9. The van der Waals surface area contributed by atoms with Crippen molar-refractivity contribution in [3.05, 3.63) is 27.4 Å². The molecule has 1 saturated carbocycles. The van der Waals surface area contributed by atoms with E-state index in [1.54, 1.807) is 11.8 Å². The summed E-state index contributed by atoms with van der Waals surface area (Å²) in [5.74, 6) is 0.338. The highest BCUT2D eigenvalue weighted by Gasteiger charge is 2.32. The molecule has 2 amide bonds. The van der Waals surface area contributed by atoms with Crippen LogP contribution in [0.4, 0.5) is 0 Å². The maximum Gasteiger partial charge on any atom is 0.264 e. The van der Waals surface area contributed by atoms with Gasteiger partial charge in [0.2, 0.25) is 5.91 Å². The monoisotopic (exact) mass is 389 g/mol. The van der Waals surface area contributed by atoms with Gasteiger partial charge in [0.1, 0.15) is 11.4 Å². The van der Waals surface area contributed by atoms with E-state index in [4.69, 9.17) is 0 Å². The molecule has 0 radical (unpaired) electrons. The molecule has 2 N–H and O–H groups in total. The molecule has 3 rings (SSSR count). The summed E-state index contributed by atoms with van der Waals surface area (Å²) in [5.41, 5.74) is -0.116. The molecule has 1 aromatic heterocycles. The molecule has 28 heavy (non-hydrogen) atoms. The Morgan fingerprint density at radius 2 is 1.79 bits per heavy atom. The SMILES string of the molecule is Cc1nc(C(C)(C)C)[nH]c(=O)c1C(=O)N1CCN(C(C)C(=O)NC2CC2)CC1. The predicted octanol–water partition coefficient (Wildman–Crippen LogP) is 0.801. The first-order valence-electron chi connectivity index (χ1n) is 10.0. The lowest BCUT2D eigenvalue weighted by atomic mass is 9.95. The second-order valence-electron chi connectivity index (χ2n) is 8.91. The molecule has 1 saturated heterocycles. The van der Waals surface area contributed by atoms with E-state index in [0.29, 0.717) is 43.7 Å². The van der Waals surface area contributed by atoms with Crippen LogP contribution < -0.4 is 10.9 Å². The van der Waals surface area contributed by atoms with Crippen LogP contribution in [0.5, 0.6) is 0 Å². The largest absolute Gasteiger partial charge is 0.352 e. The zero-order valence-electron chi connectivity index (χ0n) is 17.5. The molecular formula is C20H31N5O3. The van der Waals surface area contributed by atoms with Gasteiger partial charge >= 0.3 is 0 Å². The van der Waals surface area contributed by atoms with Gasteiger partial charge in [0.25, 0.3) is 11.5 Å². The van der Waals surface area contributed by atoms with Gasteiger partial charge in [0.05, 0.1) is 11.7 Å². The van der Waals surface area contributed by atoms with Crippen LogP contribution >= 0.6 is 0 Å². The summed E-state index contributed by atoms with van der Waals surface area (Å²) in [4.78, 5) is 48.7. The molecule has 2 heterocycles. The van der Waals surface area contributed by atoms with Gasteiger partial charge in [-0.15, -0.1) is 0 Å². The summed E-state index contributed by atoms with van der Waals surface area (Å²) < 4.78 is 0. The minimum atomic E-state index is -0.387. The first-order chi connectivity index (χ1) is 13.1. The average molecular weight is 390 g/mol. The normalized spacial score (nSPS) is 19.4. The van der Waals surface area contributed by atoms with Gasteiger partial charge < -0.3 is 15.2 Å². The van der Waals surface area contributed by atoms with E-state index < -0.39 is 0 Å². The summed E-state index contributed by atoms with van der Waals surface area (Å²) in [5, 5.41) is 3.03. The number of piperazine rings is 1. The highest BCUT2D eigenvalue weighted by molar-refractivity contribution is 5.95. The Labute approximate surface area is 165 Å². The number of rotatable bonds is 4. The van der Waals surface area contributed by atoms with Crippen molar-refractivity contribution in [1.29, 1.82) is 0 Å². The first kappa shape index (κ1) is 20.5. The molecular weight excluding hydrogens is 358 g/mol. The molecule has 1 unspecified atom stereocenters. The van der Waals surface area contributed by atoms with Crippen molar-refractivity contribution in [1.82, 2.24) is 25.1 Å². The number of aromatic nitrogens is 2. The Bertz CT molecular complexity index is 814. The standard InChI is InChI=1S/C20H31N5O3/c1-12-15(17(27)23-19(21-12)20(3,4)5)18(28)25-10-8-24(9-11-25)13(2)16(26)22-14-6-7-14/h13-14H,6-11H2,1-5H3,(H,22,26)(H,21,23,27). The fourth-order valence-electron chi connectivity index (χ4n) is 3.38. The molecule has 0 bridgehead atoms. The summed E-state index contributed by atoms with van der Waals surface area (Å²) in [6, 6.07) is 0.131. The van der Waals surface area contributed by atoms with Crippen molar-refractivity contribution in [2.24, 2.45) is 0 Å². The van der Waals surface area contributed by atoms with Crippen molar-refractivity contribution in [3.63, 3.8) is 0 Å². The van der Waals surface area contributed by atoms with E-state index in [9.17, 15) is 14.4 Å². The number of carbonyl (C=O) groups excluding carboxylic acids is 2. The number of aromatic amines is 1. The number of nitrogens with zero attached hydrogens (tertiary/aromatic N) is 3. The van der Waals surface area contributed by atoms with Gasteiger partial charge in [-0.25, -0.2) is 4.98 Å². The molecule has 0 spiro atoms. The first-order valence-corrected chi connectivity index (χ1v) is 10.0. The number of amides is 2. The molecule has 2 fully saturated rings. The predicted molar refractivity (Wildman–Crippen MR) is 106 cm³/mol. The number of aryl methyl sites for hydroxylation is 1.